The minimum Gasteiger partial charge on any atom is -0.379 e. The second kappa shape index (κ2) is 30.6. The van der Waals surface area contributed by atoms with E-state index in [0.29, 0.717) is 52.0 Å². The highest BCUT2D eigenvalue weighted by Gasteiger charge is 2.43. The van der Waals surface area contributed by atoms with Gasteiger partial charge >= 0.3 is 0 Å². The third kappa shape index (κ3) is 18.7. The van der Waals surface area contributed by atoms with Gasteiger partial charge in [0.2, 0.25) is 23.6 Å². The Bertz CT molecular complexity index is 1640. The third-order valence-electron chi connectivity index (χ3n) is 11.8. The van der Waals surface area contributed by atoms with Gasteiger partial charge in [0.25, 0.3) is 0 Å². The minimum absolute atomic E-state index is 0.000962. The monoisotopic (exact) mass is 917 g/mol. The van der Waals surface area contributed by atoms with E-state index in [1.54, 1.807) is 38.0 Å². The summed E-state index contributed by atoms with van der Waals surface area (Å²) in [6.07, 6.45) is 1.13. The van der Waals surface area contributed by atoms with Crippen molar-refractivity contribution < 1.29 is 42.9 Å². The van der Waals surface area contributed by atoms with Gasteiger partial charge in [0.15, 0.2) is 5.96 Å². The molecule has 1 aromatic carbocycles. The van der Waals surface area contributed by atoms with Crippen molar-refractivity contribution in [3.8, 4) is 0 Å². The quantitative estimate of drug-likeness (QED) is 0.0284. The number of benzene rings is 1. The van der Waals surface area contributed by atoms with Gasteiger partial charge in [-0.05, 0) is 35.8 Å². The number of rotatable bonds is 30. The van der Waals surface area contributed by atoms with Crippen molar-refractivity contribution in [3.63, 3.8) is 0 Å². The van der Waals surface area contributed by atoms with Crippen molar-refractivity contribution in [2.24, 2.45) is 27.9 Å². The van der Waals surface area contributed by atoms with E-state index in [-0.39, 0.29) is 68.0 Å². The van der Waals surface area contributed by atoms with Gasteiger partial charge in [-0.2, -0.15) is 0 Å². The molecule has 1 fully saturated rings. The zero-order valence-electron chi connectivity index (χ0n) is 41.2. The second-order valence-corrected chi connectivity index (χ2v) is 17.3. The van der Waals surface area contributed by atoms with Crippen LogP contribution in [0.5, 0.6) is 0 Å². The summed E-state index contributed by atoms with van der Waals surface area (Å²) in [4.78, 5) is 71.2. The predicted octanol–water partition coefficient (Wildman–Crippen LogP) is 3.61. The first-order valence-electron chi connectivity index (χ1n) is 22.9. The second-order valence-electron chi connectivity index (χ2n) is 17.3. The van der Waals surface area contributed by atoms with Gasteiger partial charge < -0.3 is 53.9 Å². The Labute approximate surface area is 387 Å². The molecule has 0 bridgehead atoms. The van der Waals surface area contributed by atoms with Crippen molar-refractivity contribution in [3.05, 3.63) is 46.3 Å². The maximum atomic E-state index is 14.4. The maximum Gasteiger partial charge on any atom is 0.247 e. The molecule has 1 aliphatic heterocycles. The molecule has 0 saturated carbocycles. The number of carbonyl (C=O) groups is 4. The Morgan fingerprint density at radius 2 is 1.49 bits per heavy atom. The van der Waals surface area contributed by atoms with E-state index >= 15 is 0 Å². The van der Waals surface area contributed by atoms with E-state index in [1.807, 2.05) is 82.2 Å². The molecule has 19 heteroatoms. The number of likely N-dealkylation sites (N-methyl/N-ethyl adjacent to an activating group) is 1. The molecule has 0 aliphatic carbocycles. The Morgan fingerprint density at radius 1 is 0.877 bits per heavy atom. The summed E-state index contributed by atoms with van der Waals surface area (Å²) < 4.78 is 28.5. The number of hydrogen-bond donors (Lipinski definition) is 2. The van der Waals surface area contributed by atoms with Gasteiger partial charge in [0.05, 0.1) is 76.3 Å². The molecule has 2 rings (SSSR count). The van der Waals surface area contributed by atoms with Crippen LogP contribution in [0.4, 0.5) is 0 Å². The topological polar surface area (TPSA) is 213 Å². The van der Waals surface area contributed by atoms with E-state index in [1.165, 1.54) is 0 Å². The summed E-state index contributed by atoms with van der Waals surface area (Å²) in [7, 11) is 12.5. The molecule has 19 nitrogen and oxygen atoms in total. The molecule has 2 N–H and O–H groups in total. The van der Waals surface area contributed by atoms with Crippen molar-refractivity contribution in [1.29, 1.82) is 0 Å². The molecule has 1 aliphatic rings. The lowest BCUT2D eigenvalue weighted by molar-refractivity contribution is -0.146. The number of hydrogen-bond acceptors (Lipinski definition) is 11. The van der Waals surface area contributed by atoms with Gasteiger partial charge in [-0.15, -0.1) is 0 Å². The first kappa shape index (κ1) is 56.6. The van der Waals surface area contributed by atoms with Crippen LogP contribution >= 0.6 is 0 Å². The van der Waals surface area contributed by atoms with Gasteiger partial charge in [-0.25, -0.2) is 4.99 Å². The number of methoxy groups -OCH3 is 2. The Morgan fingerprint density at radius 3 is 2.05 bits per heavy atom. The van der Waals surface area contributed by atoms with Crippen molar-refractivity contribution in [2.75, 3.05) is 109 Å². The van der Waals surface area contributed by atoms with Crippen LogP contribution in [0.1, 0.15) is 65.9 Å². The van der Waals surface area contributed by atoms with Crippen LogP contribution in [0.3, 0.4) is 0 Å². The van der Waals surface area contributed by atoms with E-state index in [9.17, 15) is 19.2 Å². The van der Waals surface area contributed by atoms with Crippen LogP contribution in [-0.4, -0.2) is 194 Å². The van der Waals surface area contributed by atoms with Crippen LogP contribution in [-0.2, 0) is 49.3 Å². The summed E-state index contributed by atoms with van der Waals surface area (Å²) in [6.45, 7) is 12.8. The third-order valence-corrected chi connectivity index (χ3v) is 11.8. The highest BCUT2D eigenvalue weighted by molar-refractivity contribution is 5.89. The molecule has 65 heavy (non-hydrogen) atoms. The van der Waals surface area contributed by atoms with Crippen LogP contribution in [0.25, 0.3) is 10.4 Å². The van der Waals surface area contributed by atoms with Crippen LogP contribution < -0.4 is 10.6 Å². The lowest BCUT2D eigenvalue weighted by Crippen LogP contribution is -2.55. The van der Waals surface area contributed by atoms with Gasteiger partial charge in [0.1, 0.15) is 12.1 Å². The molecule has 1 aromatic rings. The average Bonchev–Trinajstić information content (AvgIpc) is 3.77. The molecule has 1 heterocycles. The zero-order valence-corrected chi connectivity index (χ0v) is 41.2. The number of carbonyl (C=O) groups excluding carboxylic acids is 4. The molecule has 0 aromatic heterocycles. The van der Waals surface area contributed by atoms with Gasteiger partial charge in [-0.3, -0.25) is 19.2 Å². The summed E-state index contributed by atoms with van der Waals surface area (Å²) in [5.74, 6) is -1.15. The number of nitrogens with one attached hydrogen (secondary N) is 2. The fourth-order valence-electron chi connectivity index (χ4n) is 8.18. The summed E-state index contributed by atoms with van der Waals surface area (Å²) in [5, 5.41) is 9.27. The number of ether oxygens (including phenoxy) is 5. The van der Waals surface area contributed by atoms with Crippen LogP contribution in [0.15, 0.2) is 40.4 Å². The number of aliphatic imine (C=N–C) groups is 1. The van der Waals surface area contributed by atoms with Crippen molar-refractivity contribution >= 4 is 29.6 Å². The summed E-state index contributed by atoms with van der Waals surface area (Å²) in [5.41, 5.74) is 9.17. The molecule has 0 radical (unpaired) electrons. The molecular formula is C46H80N10O9. The Kier molecular flexibility index (Phi) is 26.7. The highest BCUT2D eigenvalue weighted by atomic mass is 16.5. The van der Waals surface area contributed by atoms with E-state index in [0.717, 1.165) is 18.4 Å². The maximum absolute atomic E-state index is 14.4. The average molecular weight is 917 g/mol. The molecule has 368 valence electrons. The molecule has 1 unspecified atom stereocenters. The van der Waals surface area contributed by atoms with Crippen LogP contribution in [0, 0.1) is 17.8 Å². The SMILES string of the molecule is CC[C@H](C)[C@@H]([C@@H](CC(=O)N1CCC[C@H]1[C@H](OC)[C@@H](C)C(=O)N[C@@H](Cc1ccccc1)C(=O)NCCOCCOCCOCCN=[N+]=[N-])OC)N(C)C(=O)C(N=C(N(C)C)N(C)C)C(C)C. The molecular weight excluding hydrogens is 837 g/mol. The number of azide groups is 1. The highest BCUT2D eigenvalue weighted by Crippen LogP contribution is 2.30. The van der Waals surface area contributed by atoms with E-state index < -0.39 is 42.3 Å². The largest absolute Gasteiger partial charge is 0.379 e. The zero-order chi connectivity index (χ0) is 48.5. The molecule has 1 saturated heterocycles. The standard InChI is InChI=1S/C46H80N10O9/c1-13-33(4)41(55(10)45(60)40(32(2)3)51-46(53(6)7)54(8)9)38(61-11)31-39(57)56-23-17-20-37(56)42(62-12)34(5)43(58)50-36(30-35-18-15-14-16-19-35)44(59)48-21-24-63-26-28-65-29-27-64-25-22-49-52-47/h14-16,18-19,32-34,36-38,40-42H,13,17,20-31H2,1-12H3,(H,48,59)(H,50,58)/t33-,34+,36-,37-,38+,40?,41-,42+/m0/s1. The molecule has 0 spiro atoms. The number of nitrogens with zero attached hydrogens (tertiary/aromatic N) is 8. The molecule has 4 amide bonds. The Balaban J connectivity index is 2.16. The summed E-state index contributed by atoms with van der Waals surface area (Å²) in [6, 6.07) is 7.10. The fourth-order valence-corrected chi connectivity index (χ4v) is 8.18. The molecule has 8 atom stereocenters. The summed E-state index contributed by atoms with van der Waals surface area (Å²) >= 11 is 0. The van der Waals surface area contributed by atoms with Gasteiger partial charge in [0, 0.05) is 80.4 Å². The van der Waals surface area contributed by atoms with Crippen molar-refractivity contribution in [1.82, 2.24) is 30.2 Å². The lowest BCUT2D eigenvalue weighted by Gasteiger charge is -2.40. The number of likely N-dealkylation sites (tertiary alicyclic amines) is 1. The smallest absolute Gasteiger partial charge is 0.247 e. The number of amides is 4. The van der Waals surface area contributed by atoms with Crippen LogP contribution in [0.2, 0.25) is 0 Å². The normalized spacial score (nSPS) is 16.9. The van der Waals surface area contributed by atoms with Gasteiger partial charge in [-0.1, -0.05) is 76.5 Å². The first-order chi connectivity index (χ1) is 31.0. The van der Waals surface area contributed by atoms with E-state index in [4.69, 9.17) is 34.2 Å². The first-order valence-corrected chi connectivity index (χ1v) is 22.9. The van der Waals surface area contributed by atoms with E-state index in [2.05, 4.69) is 34.5 Å². The van der Waals surface area contributed by atoms with Crippen molar-refractivity contribution in [2.45, 2.75) is 103 Å². The minimum atomic E-state index is -0.883. The Hall–Kier alpha value is -4.52. The fraction of sp³-hybridized carbons (Fsp3) is 0.761. The lowest BCUT2D eigenvalue weighted by atomic mass is 9.89. The predicted molar refractivity (Wildman–Crippen MR) is 251 cm³/mol. The number of guanidine groups is 1.